The highest BCUT2D eigenvalue weighted by molar-refractivity contribution is 7.80. The summed E-state index contributed by atoms with van der Waals surface area (Å²) in [6.07, 6.45) is 6.60. The number of anilines is 1. The molecule has 1 saturated carbocycles. The molecule has 0 unspecified atom stereocenters. The van der Waals surface area contributed by atoms with Crippen molar-refractivity contribution >= 4 is 28.9 Å². The lowest BCUT2D eigenvalue weighted by molar-refractivity contribution is -0.122. The molecule has 0 bridgehead atoms. The second-order valence-corrected chi connectivity index (χ2v) is 6.60. The maximum atomic E-state index is 12.0. The minimum atomic E-state index is -0.0202. The van der Waals surface area contributed by atoms with Crippen LogP contribution in [0.1, 0.15) is 38.5 Å². The Morgan fingerprint density at radius 3 is 2.62 bits per heavy atom. The average molecular weight is 349 g/mol. The second-order valence-electron chi connectivity index (χ2n) is 6.19. The first kappa shape index (κ1) is 16.8. The van der Waals surface area contributed by atoms with Crippen LogP contribution in [0.4, 0.5) is 5.69 Å². The molecule has 0 spiro atoms. The van der Waals surface area contributed by atoms with Crippen LogP contribution < -0.4 is 25.6 Å². The van der Waals surface area contributed by atoms with Crippen LogP contribution in [0.5, 0.6) is 11.5 Å². The minimum Gasteiger partial charge on any atom is -0.486 e. The van der Waals surface area contributed by atoms with E-state index >= 15 is 0 Å². The van der Waals surface area contributed by atoms with Gasteiger partial charge in [-0.1, -0.05) is 19.3 Å². The third-order valence-corrected chi connectivity index (χ3v) is 4.52. The van der Waals surface area contributed by atoms with E-state index in [0.29, 0.717) is 36.4 Å². The fourth-order valence-electron chi connectivity index (χ4n) is 3.11. The first-order chi connectivity index (χ1) is 11.7. The van der Waals surface area contributed by atoms with Crippen molar-refractivity contribution in [2.24, 2.45) is 5.92 Å². The van der Waals surface area contributed by atoms with Crippen LogP contribution in [-0.4, -0.2) is 24.2 Å². The first-order valence-corrected chi connectivity index (χ1v) is 8.87. The van der Waals surface area contributed by atoms with Crippen LogP contribution in [0.2, 0.25) is 0 Å². The zero-order valence-electron chi connectivity index (χ0n) is 13.6. The summed E-state index contributed by atoms with van der Waals surface area (Å²) in [6.45, 7) is 1.10. The maximum Gasteiger partial charge on any atom is 0.238 e. The number of fused-ring (bicyclic) bond motifs is 1. The van der Waals surface area contributed by atoms with Crippen molar-refractivity contribution in [3.05, 3.63) is 18.2 Å². The van der Waals surface area contributed by atoms with Gasteiger partial charge >= 0.3 is 0 Å². The number of carbonyl (C=O) groups excluding carboxylic acids is 1. The number of nitrogens with one attached hydrogen (secondary N) is 3. The number of hydrogen-bond acceptors (Lipinski definition) is 4. The molecule has 24 heavy (non-hydrogen) atoms. The van der Waals surface area contributed by atoms with Crippen LogP contribution >= 0.6 is 12.2 Å². The molecule has 2 aliphatic rings. The standard InChI is InChI=1S/C17H23N3O3S/c21-16(10-12-4-2-1-3-5-12)19-20-17(24)18-13-6-7-14-15(11-13)23-9-8-22-14/h6-7,11-12H,1-5,8-10H2,(H,19,21)(H2,18,20,24). The quantitative estimate of drug-likeness (QED) is 0.576. The summed E-state index contributed by atoms with van der Waals surface area (Å²) in [5, 5.41) is 3.36. The molecular weight excluding hydrogens is 326 g/mol. The van der Waals surface area contributed by atoms with Crippen molar-refractivity contribution in [2.75, 3.05) is 18.5 Å². The normalized spacial score (nSPS) is 17.0. The first-order valence-electron chi connectivity index (χ1n) is 8.46. The lowest BCUT2D eigenvalue weighted by Crippen LogP contribution is -2.44. The van der Waals surface area contributed by atoms with Gasteiger partial charge in [0.1, 0.15) is 13.2 Å². The van der Waals surface area contributed by atoms with Gasteiger partial charge in [0.25, 0.3) is 0 Å². The highest BCUT2D eigenvalue weighted by atomic mass is 32.1. The van der Waals surface area contributed by atoms with E-state index in [4.69, 9.17) is 21.7 Å². The third-order valence-electron chi connectivity index (χ3n) is 4.31. The van der Waals surface area contributed by atoms with Gasteiger partial charge in [0, 0.05) is 18.2 Å². The van der Waals surface area contributed by atoms with Crippen LogP contribution in [0, 0.1) is 5.92 Å². The molecule has 7 heteroatoms. The fraction of sp³-hybridized carbons (Fsp3) is 0.529. The van der Waals surface area contributed by atoms with E-state index in [1.54, 1.807) is 0 Å². The van der Waals surface area contributed by atoms with E-state index in [0.717, 1.165) is 24.3 Å². The summed E-state index contributed by atoms with van der Waals surface area (Å²) in [4.78, 5) is 12.0. The van der Waals surface area contributed by atoms with Gasteiger partial charge in [-0.2, -0.15) is 0 Å². The molecule has 1 aliphatic heterocycles. The number of ether oxygens (including phenoxy) is 2. The van der Waals surface area contributed by atoms with E-state index in [9.17, 15) is 4.79 Å². The number of hydrazine groups is 1. The predicted octanol–water partition coefficient (Wildman–Crippen LogP) is 2.75. The molecule has 1 heterocycles. The Kier molecular flexibility index (Phi) is 5.74. The van der Waals surface area contributed by atoms with E-state index in [1.807, 2.05) is 18.2 Å². The van der Waals surface area contributed by atoms with E-state index < -0.39 is 0 Å². The van der Waals surface area contributed by atoms with E-state index in [2.05, 4.69) is 16.2 Å². The molecule has 1 aromatic carbocycles. The highest BCUT2D eigenvalue weighted by Gasteiger charge is 2.17. The van der Waals surface area contributed by atoms with Gasteiger partial charge in [0.2, 0.25) is 5.91 Å². The van der Waals surface area contributed by atoms with Crippen molar-refractivity contribution in [3.8, 4) is 11.5 Å². The minimum absolute atomic E-state index is 0.0202. The molecule has 1 aromatic rings. The number of benzene rings is 1. The van der Waals surface area contributed by atoms with Gasteiger partial charge in [-0.25, -0.2) is 0 Å². The molecule has 6 nitrogen and oxygen atoms in total. The van der Waals surface area contributed by atoms with Crippen molar-refractivity contribution in [3.63, 3.8) is 0 Å². The number of rotatable bonds is 3. The topological polar surface area (TPSA) is 71.6 Å². The molecule has 130 valence electrons. The number of thiocarbonyl (C=S) groups is 1. The molecule has 3 N–H and O–H groups in total. The lowest BCUT2D eigenvalue weighted by Gasteiger charge is -2.21. The number of hydrogen-bond donors (Lipinski definition) is 3. The molecular formula is C17H23N3O3S. The van der Waals surface area contributed by atoms with Gasteiger partial charge in [0.15, 0.2) is 16.6 Å². The zero-order valence-corrected chi connectivity index (χ0v) is 14.4. The van der Waals surface area contributed by atoms with E-state index in [-0.39, 0.29) is 5.91 Å². The second kappa shape index (κ2) is 8.19. The Bertz CT molecular complexity index is 603. The van der Waals surface area contributed by atoms with Gasteiger partial charge in [-0.15, -0.1) is 0 Å². The van der Waals surface area contributed by atoms with Crippen molar-refractivity contribution < 1.29 is 14.3 Å². The van der Waals surface area contributed by atoms with Crippen LogP contribution in [-0.2, 0) is 4.79 Å². The summed E-state index contributed by atoms with van der Waals surface area (Å²) >= 11 is 5.20. The van der Waals surface area contributed by atoms with Crippen LogP contribution in [0.15, 0.2) is 18.2 Å². The van der Waals surface area contributed by atoms with E-state index in [1.165, 1.54) is 19.3 Å². The summed E-state index contributed by atoms with van der Waals surface area (Å²) < 4.78 is 11.0. The van der Waals surface area contributed by atoms with Gasteiger partial charge in [0.05, 0.1) is 0 Å². The van der Waals surface area contributed by atoms with Crippen molar-refractivity contribution in [1.29, 1.82) is 0 Å². The number of amides is 1. The zero-order chi connectivity index (χ0) is 16.8. The Morgan fingerprint density at radius 2 is 1.83 bits per heavy atom. The van der Waals surface area contributed by atoms with Crippen molar-refractivity contribution in [1.82, 2.24) is 10.9 Å². The van der Waals surface area contributed by atoms with Crippen molar-refractivity contribution in [2.45, 2.75) is 38.5 Å². The molecule has 0 saturated heterocycles. The Balaban J connectivity index is 1.42. The largest absolute Gasteiger partial charge is 0.486 e. The molecule has 1 fully saturated rings. The molecule has 0 radical (unpaired) electrons. The Morgan fingerprint density at radius 1 is 1.08 bits per heavy atom. The molecule has 0 atom stereocenters. The summed E-state index contributed by atoms with van der Waals surface area (Å²) in [7, 11) is 0. The maximum absolute atomic E-state index is 12.0. The summed E-state index contributed by atoms with van der Waals surface area (Å²) in [5.41, 5.74) is 6.19. The highest BCUT2D eigenvalue weighted by Crippen LogP contribution is 2.32. The van der Waals surface area contributed by atoms with Crippen LogP contribution in [0.25, 0.3) is 0 Å². The summed E-state index contributed by atoms with van der Waals surface area (Å²) in [5.74, 6) is 1.90. The van der Waals surface area contributed by atoms with Gasteiger partial charge in [-0.05, 0) is 43.1 Å². The third kappa shape index (κ3) is 4.74. The Labute approximate surface area is 147 Å². The Hall–Kier alpha value is -2.02. The molecule has 0 aromatic heterocycles. The average Bonchev–Trinajstić information content (AvgIpc) is 2.61. The fourth-order valence-corrected chi connectivity index (χ4v) is 3.28. The smallest absolute Gasteiger partial charge is 0.238 e. The molecule has 1 aliphatic carbocycles. The number of carbonyl (C=O) groups is 1. The monoisotopic (exact) mass is 349 g/mol. The molecule has 3 rings (SSSR count). The molecule has 1 amide bonds. The predicted molar refractivity (Wildman–Crippen MR) is 96.1 cm³/mol. The summed E-state index contributed by atoms with van der Waals surface area (Å²) in [6, 6.07) is 5.51. The van der Waals surface area contributed by atoms with Crippen LogP contribution in [0.3, 0.4) is 0 Å². The van der Waals surface area contributed by atoms with Gasteiger partial charge < -0.3 is 14.8 Å². The van der Waals surface area contributed by atoms with Gasteiger partial charge in [-0.3, -0.25) is 15.6 Å². The SMILES string of the molecule is O=C(CC1CCCCC1)NNC(=S)Nc1ccc2c(c1)OCCO2. The lowest BCUT2D eigenvalue weighted by atomic mass is 9.87.